The number of nitrogens with one attached hydrogen (secondary N) is 1. The molecule has 1 saturated carbocycles. The van der Waals surface area contributed by atoms with Crippen molar-refractivity contribution in [2.75, 3.05) is 46.9 Å². The number of rotatable bonds is 5. The molecule has 1 aliphatic carbocycles. The van der Waals surface area contributed by atoms with Crippen molar-refractivity contribution in [1.29, 1.82) is 0 Å². The Morgan fingerprint density at radius 3 is 2.70 bits per heavy atom. The number of guanidine groups is 1. The molecule has 2 saturated heterocycles. The number of ether oxygens (including phenoxy) is 1. The Kier molecular flexibility index (Phi) is 6.89. The van der Waals surface area contributed by atoms with E-state index in [9.17, 15) is 4.79 Å². The van der Waals surface area contributed by atoms with Gasteiger partial charge in [-0.05, 0) is 18.4 Å². The first-order valence-electron chi connectivity index (χ1n) is 11.3. The van der Waals surface area contributed by atoms with Gasteiger partial charge >= 0.3 is 0 Å². The number of nitrogens with zero attached hydrogens (tertiary/aromatic N) is 4. The Morgan fingerprint density at radius 1 is 1.20 bits per heavy atom. The zero-order valence-electron chi connectivity index (χ0n) is 18.3. The lowest BCUT2D eigenvalue weighted by Gasteiger charge is -2.36. The topological polar surface area (TPSA) is 60.4 Å². The molecule has 30 heavy (non-hydrogen) atoms. The molecule has 1 aromatic rings. The van der Waals surface area contributed by atoms with Crippen LogP contribution in [-0.4, -0.2) is 91.6 Å². The molecular formula is C23H35N5O2. The maximum Gasteiger partial charge on any atom is 0.243 e. The average molecular weight is 414 g/mol. The van der Waals surface area contributed by atoms with Crippen LogP contribution in [0, 0.1) is 0 Å². The number of aliphatic imine (C=N–C) groups is 1. The Labute approximate surface area is 180 Å². The highest BCUT2D eigenvalue weighted by atomic mass is 16.5. The molecule has 2 unspecified atom stereocenters. The minimum atomic E-state index is 0.0271. The van der Waals surface area contributed by atoms with E-state index in [1.807, 2.05) is 0 Å². The zero-order chi connectivity index (χ0) is 20.9. The Balaban J connectivity index is 1.46. The lowest BCUT2D eigenvalue weighted by atomic mass is 10.1. The summed E-state index contributed by atoms with van der Waals surface area (Å²) in [5.41, 5.74) is 1.34. The van der Waals surface area contributed by atoms with Crippen molar-refractivity contribution in [3.8, 4) is 0 Å². The van der Waals surface area contributed by atoms with Crippen LogP contribution in [0.1, 0.15) is 31.2 Å². The third-order valence-electron chi connectivity index (χ3n) is 6.50. The van der Waals surface area contributed by atoms with Gasteiger partial charge in [-0.15, -0.1) is 0 Å². The molecule has 0 aromatic heterocycles. The predicted molar refractivity (Wildman–Crippen MR) is 118 cm³/mol. The monoisotopic (exact) mass is 413 g/mol. The highest BCUT2D eigenvalue weighted by Crippen LogP contribution is 2.25. The van der Waals surface area contributed by atoms with Gasteiger partial charge in [-0.1, -0.05) is 43.2 Å². The number of morpholine rings is 1. The number of carbonyl (C=O) groups is 1. The number of fused-ring (bicyclic) bond motifs is 1. The maximum atomic E-state index is 12.1. The highest BCUT2D eigenvalue weighted by molar-refractivity contribution is 5.85. The van der Waals surface area contributed by atoms with Crippen molar-refractivity contribution in [2.45, 2.75) is 50.4 Å². The molecule has 7 nitrogen and oxygen atoms in total. The molecule has 0 spiro atoms. The first-order valence-corrected chi connectivity index (χ1v) is 11.3. The van der Waals surface area contributed by atoms with Crippen LogP contribution < -0.4 is 5.32 Å². The molecule has 1 aromatic carbocycles. The van der Waals surface area contributed by atoms with E-state index < -0.39 is 0 Å². The molecule has 2 aliphatic heterocycles. The normalized spacial score (nSPS) is 25.4. The molecule has 7 heteroatoms. The van der Waals surface area contributed by atoms with Crippen LogP contribution in [0.25, 0.3) is 0 Å². The number of benzene rings is 1. The van der Waals surface area contributed by atoms with Gasteiger partial charge in [-0.3, -0.25) is 9.69 Å². The number of hydrogen-bond acceptors (Lipinski definition) is 4. The predicted octanol–water partition coefficient (Wildman–Crippen LogP) is 1.55. The SMILES string of the molecule is CN(C)C(=O)CN=C(NC1CCCC1)N1CC2OCCN(Cc3ccccc3)C2C1. The lowest BCUT2D eigenvalue weighted by molar-refractivity contribution is -0.127. The first-order chi connectivity index (χ1) is 14.6. The first kappa shape index (κ1) is 21.1. The summed E-state index contributed by atoms with van der Waals surface area (Å²) >= 11 is 0. The molecule has 3 fully saturated rings. The van der Waals surface area contributed by atoms with Gasteiger partial charge in [0.1, 0.15) is 6.54 Å². The number of hydrogen-bond donors (Lipinski definition) is 1. The Morgan fingerprint density at radius 2 is 1.97 bits per heavy atom. The minimum Gasteiger partial charge on any atom is -0.373 e. The van der Waals surface area contributed by atoms with Crippen LogP contribution in [0.4, 0.5) is 0 Å². The quantitative estimate of drug-likeness (QED) is 0.586. The molecule has 164 valence electrons. The van der Waals surface area contributed by atoms with E-state index in [1.165, 1.54) is 31.2 Å². The highest BCUT2D eigenvalue weighted by Gasteiger charge is 2.41. The molecule has 1 amide bonds. The molecule has 4 rings (SSSR count). The third kappa shape index (κ3) is 5.13. The molecule has 0 radical (unpaired) electrons. The van der Waals surface area contributed by atoms with Gasteiger partial charge in [-0.25, -0.2) is 4.99 Å². The molecular weight excluding hydrogens is 378 g/mol. The smallest absolute Gasteiger partial charge is 0.243 e. The van der Waals surface area contributed by atoms with E-state index in [1.54, 1.807) is 19.0 Å². The van der Waals surface area contributed by atoms with Gasteiger partial charge in [-0.2, -0.15) is 0 Å². The van der Waals surface area contributed by atoms with Crippen molar-refractivity contribution >= 4 is 11.9 Å². The van der Waals surface area contributed by atoms with Crippen molar-refractivity contribution in [2.24, 2.45) is 4.99 Å². The molecule has 1 N–H and O–H groups in total. The molecule has 0 bridgehead atoms. The summed E-state index contributed by atoms with van der Waals surface area (Å²) in [5.74, 6) is 0.897. The van der Waals surface area contributed by atoms with E-state index in [4.69, 9.17) is 9.73 Å². The van der Waals surface area contributed by atoms with Crippen molar-refractivity contribution in [3.05, 3.63) is 35.9 Å². The fourth-order valence-corrected chi connectivity index (χ4v) is 4.72. The third-order valence-corrected chi connectivity index (χ3v) is 6.50. The van der Waals surface area contributed by atoms with Gasteiger partial charge < -0.3 is 19.9 Å². The fraction of sp³-hybridized carbons (Fsp3) is 0.652. The van der Waals surface area contributed by atoms with Gasteiger partial charge in [0.2, 0.25) is 5.91 Å². The summed E-state index contributed by atoms with van der Waals surface area (Å²) in [6.07, 6.45) is 5.07. The van der Waals surface area contributed by atoms with E-state index in [-0.39, 0.29) is 18.6 Å². The summed E-state index contributed by atoms with van der Waals surface area (Å²) in [4.78, 5) is 23.3. The van der Waals surface area contributed by atoms with Crippen LogP contribution in [0.5, 0.6) is 0 Å². The van der Waals surface area contributed by atoms with Crippen LogP contribution in [0.3, 0.4) is 0 Å². The van der Waals surface area contributed by atoms with E-state index in [0.29, 0.717) is 12.1 Å². The van der Waals surface area contributed by atoms with Crippen LogP contribution in [-0.2, 0) is 16.1 Å². The van der Waals surface area contributed by atoms with Crippen molar-refractivity contribution in [3.63, 3.8) is 0 Å². The number of carbonyl (C=O) groups excluding carboxylic acids is 1. The standard InChI is InChI=1S/C23H35N5O2/c1-26(2)22(29)14-24-23(25-19-10-6-7-11-19)28-16-20-21(17-28)30-13-12-27(20)15-18-8-4-3-5-9-18/h3-5,8-9,19-21H,6-7,10-17H2,1-2H3,(H,24,25). The summed E-state index contributed by atoms with van der Waals surface area (Å²) in [7, 11) is 3.56. The van der Waals surface area contributed by atoms with Crippen LogP contribution in [0.15, 0.2) is 35.3 Å². The van der Waals surface area contributed by atoms with Gasteiger partial charge in [0.05, 0.1) is 18.8 Å². The molecule has 2 atom stereocenters. The Bertz CT molecular complexity index is 732. The second-order valence-corrected chi connectivity index (χ2v) is 8.89. The molecule has 2 heterocycles. The summed E-state index contributed by atoms with van der Waals surface area (Å²) in [5, 5.41) is 3.66. The summed E-state index contributed by atoms with van der Waals surface area (Å²) in [6, 6.07) is 11.5. The number of amides is 1. The van der Waals surface area contributed by atoms with Crippen LogP contribution in [0.2, 0.25) is 0 Å². The second kappa shape index (κ2) is 9.79. The zero-order valence-corrected chi connectivity index (χ0v) is 18.3. The van der Waals surface area contributed by atoms with Crippen LogP contribution >= 0.6 is 0 Å². The van der Waals surface area contributed by atoms with E-state index in [0.717, 1.165) is 38.7 Å². The largest absolute Gasteiger partial charge is 0.373 e. The number of likely N-dealkylation sites (tertiary alicyclic amines) is 1. The lowest BCUT2D eigenvalue weighted by Crippen LogP contribution is -2.50. The Hall–Kier alpha value is -2.12. The van der Waals surface area contributed by atoms with Gasteiger partial charge in [0.15, 0.2) is 5.96 Å². The summed E-state index contributed by atoms with van der Waals surface area (Å²) < 4.78 is 6.14. The van der Waals surface area contributed by atoms with Gasteiger partial charge in [0.25, 0.3) is 0 Å². The molecule has 3 aliphatic rings. The van der Waals surface area contributed by atoms with E-state index in [2.05, 4.69) is 45.4 Å². The van der Waals surface area contributed by atoms with E-state index >= 15 is 0 Å². The van der Waals surface area contributed by atoms with Crippen molar-refractivity contribution in [1.82, 2.24) is 20.0 Å². The number of likely N-dealkylation sites (N-methyl/N-ethyl adjacent to an activating group) is 1. The second-order valence-electron chi connectivity index (χ2n) is 8.89. The maximum absolute atomic E-state index is 12.1. The summed E-state index contributed by atoms with van der Waals surface area (Å²) in [6.45, 7) is 4.55. The minimum absolute atomic E-state index is 0.0271. The fourth-order valence-electron chi connectivity index (χ4n) is 4.72. The van der Waals surface area contributed by atoms with Crippen molar-refractivity contribution < 1.29 is 9.53 Å². The average Bonchev–Trinajstić information content (AvgIpc) is 3.41. The van der Waals surface area contributed by atoms with Gasteiger partial charge in [0, 0.05) is 46.3 Å².